The smallest absolute Gasteiger partial charge is 0.230 e. The third-order valence-electron chi connectivity index (χ3n) is 2.44. The topological polar surface area (TPSA) is 87.7 Å². The number of oxime groups is 1. The molecule has 0 spiro atoms. The standard InChI is InChI=1S/C10H21N3O2S/c1-5-7(8(11)13-15)9(14)12-6-10(2,3)16-4/h7,15H,5-6H2,1-4H3,(H2,11,13)(H,12,14). The normalized spacial score (nSPS) is 14.6. The Morgan fingerprint density at radius 1 is 1.62 bits per heavy atom. The van der Waals surface area contributed by atoms with E-state index in [-0.39, 0.29) is 16.5 Å². The lowest BCUT2D eigenvalue weighted by Crippen LogP contribution is -2.43. The number of nitrogens with zero attached hydrogens (tertiary/aromatic N) is 1. The summed E-state index contributed by atoms with van der Waals surface area (Å²) in [4.78, 5) is 11.7. The maximum atomic E-state index is 11.7. The molecule has 0 aromatic heterocycles. The van der Waals surface area contributed by atoms with Crippen molar-refractivity contribution >= 4 is 23.5 Å². The van der Waals surface area contributed by atoms with Crippen molar-refractivity contribution in [2.45, 2.75) is 31.9 Å². The number of amidine groups is 1. The van der Waals surface area contributed by atoms with E-state index in [1.54, 1.807) is 11.8 Å². The Morgan fingerprint density at radius 3 is 2.56 bits per heavy atom. The van der Waals surface area contributed by atoms with Crippen molar-refractivity contribution in [3.63, 3.8) is 0 Å². The van der Waals surface area contributed by atoms with Crippen LogP contribution in [-0.2, 0) is 4.79 Å². The van der Waals surface area contributed by atoms with Crippen LogP contribution in [0.3, 0.4) is 0 Å². The first kappa shape index (κ1) is 15.1. The van der Waals surface area contributed by atoms with Crippen LogP contribution in [0.5, 0.6) is 0 Å². The number of nitrogens with two attached hydrogens (primary N) is 1. The minimum absolute atomic E-state index is 0.0148. The average molecular weight is 247 g/mol. The van der Waals surface area contributed by atoms with Gasteiger partial charge in [0, 0.05) is 11.3 Å². The molecular weight excluding hydrogens is 226 g/mol. The quantitative estimate of drug-likeness (QED) is 0.283. The predicted molar refractivity (Wildman–Crippen MR) is 67.8 cm³/mol. The fraction of sp³-hybridized carbons (Fsp3) is 0.800. The van der Waals surface area contributed by atoms with E-state index in [9.17, 15) is 4.79 Å². The van der Waals surface area contributed by atoms with Gasteiger partial charge in [-0.15, -0.1) is 0 Å². The van der Waals surface area contributed by atoms with Gasteiger partial charge < -0.3 is 16.3 Å². The van der Waals surface area contributed by atoms with Crippen LogP contribution in [0.1, 0.15) is 27.2 Å². The molecule has 0 aromatic carbocycles. The Kier molecular flexibility index (Phi) is 6.25. The van der Waals surface area contributed by atoms with E-state index >= 15 is 0 Å². The molecule has 4 N–H and O–H groups in total. The summed E-state index contributed by atoms with van der Waals surface area (Å²) in [6.45, 7) is 6.47. The molecule has 0 aromatic rings. The highest BCUT2D eigenvalue weighted by Gasteiger charge is 2.23. The minimum Gasteiger partial charge on any atom is -0.409 e. The molecule has 1 unspecified atom stereocenters. The van der Waals surface area contributed by atoms with Crippen LogP contribution in [0.4, 0.5) is 0 Å². The minimum atomic E-state index is -0.553. The van der Waals surface area contributed by atoms with Crippen LogP contribution in [0, 0.1) is 5.92 Å². The van der Waals surface area contributed by atoms with E-state index < -0.39 is 5.92 Å². The van der Waals surface area contributed by atoms with Crippen molar-refractivity contribution in [1.29, 1.82) is 0 Å². The van der Waals surface area contributed by atoms with Gasteiger partial charge in [-0.1, -0.05) is 12.1 Å². The van der Waals surface area contributed by atoms with Gasteiger partial charge in [-0.2, -0.15) is 11.8 Å². The summed E-state index contributed by atoms with van der Waals surface area (Å²) in [5, 5.41) is 14.2. The summed E-state index contributed by atoms with van der Waals surface area (Å²) in [5.41, 5.74) is 5.43. The van der Waals surface area contributed by atoms with E-state index in [4.69, 9.17) is 10.9 Å². The Morgan fingerprint density at radius 2 is 2.19 bits per heavy atom. The number of carbonyl (C=O) groups excluding carboxylic acids is 1. The molecule has 0 saturated heterocycles. The summed E-state index contributed by atoms with van der Waals surface area (Å²) < 4.78 is -0.0148. The van der Waals surface area contributed by atoms with Crippen molar-refractivity contribution in [2.24, 2.45) is 16.8 Å². The molecule has 16 heavy (non-hydrogen) atoms. The number of amides is 1. The Hall–Kier alpha value is -0.910. The molecule has 0 heterocycles. The average Bonchev–Trinajstić information content (AvgIpc) is 2.27. The van der Waals surface area contributed by atoms with E-state index in [2.05, 4.69) is 10.5 Å². The van der Waals surface area contributed by atoms with Gasteiger partial charge in [0.25, 0.3) is 0 Å². The molecule has 0 rings (SSSR count). The van der Waals surface area contributed by atoms with Gasteiger partial charge in [0.15, 0.2) is 5.84 Å². The predicted octanol–water partition coefficient (Wildman–Crippen LogP) is 1.02. The lowest BCUT2D eigenvalue weighted by molar-refractivity contribution is -0.123. The highest BCUT2D eigenvalue weighted by Crippen LogP contribution is 2.19. The molecule has 5 nitrogen and oxygen atoms in total. The second-order valence-electron chi connectivity index (χ2n) is 4.17. The third-order valence-corrected chi connectivity index (χ3v) is 3.69. The lowest BCUT2D eigenvalue weighted by atomic mass is 10.0. The highest BCUT2D eigenvalue weighted by atomic mass is 32.2. The molecular formula is C10H21N3O2S. The van der Waals surface area contributed by atoms with Gasteiger partial charge in [-0.3, -0.25) is 4.79 Å². The van der Waals surface area contributed by atoms with Gasteiger partial charge >= 0.3 is 0 Å². The molecule has 1 amide bonds. The van der Waals surface area contributed by atoms with Crippen molar-refractivity contribution in [1.82, 2.24) is 5.32 Å². The summed E-state index contributed by atoms with van der Waals surface area (Å²) in [7, 11) is 0. The second-order valence-corrected chi connectivity index (χ2v) is 5.68. The first-order chi connectivity index (χ1) is 7.37. The molecule has 0 radical (unpaired) electrons. The molecule has 0 saturated carbocycles. The largest absolute Gasteiger partial charge is 0.409 e. The molecule has 0 fully saturated rings. The third kappa shape index (κ3) is 4.74. The van der Waals surface area contributed by atoms with Crippen LogP contribution < -0.4 is 11.1 Å². The van der Waals surface area contributed by atoms with Crippen LogP contribution in [0.2, 0.25) is 0 Å². The Labute approximate surface area is 101 Å². The number of rotatable bonds is 6. The molecule has 6 heteroatoms. The Balaban J connectivity index is 4.34. The molecule has 0 aliphatic rings. The van der Waals surface area contributed by atoms with Crippen LogP contribution >= 0.6 is 11.8 Å². The number of hydrogen-bond donors (Lipinski definition) is 3. The van der Waals surface area contributed by atoms with E-state index in [0.717, 1.165) is 0 Å². The SMILES string of the molecule is CCC(C(=O)NCC(C)(C)SC)C(N)=NO. The summed E-state index contributed by atoms with van der Waals surface area (Å²) in [6.07, 6.45) is 2.51. The molecule has 94 valence electrons. The van der Waals surface area contributed by atoms with Gasteiger partial charge in [0.1, 0.15) is 0 Å². The molecule has 0 aliphatic heterocycles. The van der Waals surface area contributed by atoms with E-state index in [1.807, 2.05) is 27.0 Å². The van der Waals surface area contributed by atoms with E-state index in [0.29, 0.717) is 13.0 Å². The lowest BCUT2D eigenvalue weighted by Gasteiger charge is -2.23. The number of nitrogens with one attached hydrogen (secondary N) is 1. The van der Waals surface area contributed by atoms with Crippen molar-refractivity contribution < 1.29 is 10.0 Å². The van der Waals surface area contributed by atoms with E-state index in [1.165, 1.54) is 0 Å². The van der Waals surface area contributed by atoms with Gasteiger partial charge in [-0.05, 0) is 26.5 Å². The zero-order valence-electron chi connectivity index (χ0n) is 10.3. The summed E-state index contributed by atoms with van der Waals surface area (Å²) in [5.74, 6) is -0.787. The highest BCUT2D eigenvalue weighted by molar-refractivity contribution is 7.99. The maximum absolute atomic E-state index is 11.7. The molecule has 1 atom stereocenters. The zero-order valence-corrected chi connectivity index (χ0v) is 11.1. The van der Waals surface area contributed by atoms with Crippen molar-refractivity contribution in [2.75, 3.05) is 12.8 Å². The van der Waals surface area contributed by atoms with Crippen LogP contribution in [0.25, 0.3) is 0 Å². The second kappa shape index (κ2) is 6.62. The Bertz CT molecular complexity index is 267. The summed E-state index contributed by atoms with van der Waals surface area (Å²) in [6, 6.07) is 0. The van der Waals surface area contributed by atoms with Crippen molar-refractivity contribution in [3.05, 3.63) is 0 Å². The fourth-order valence-electron chi connectivity index (χ4n) is 1.09. The van der Waals surface area contributed by atoms with Crippen LogP contribution in [0.15, 0.2) is 5.16 Å². The summed E-state index contributed by atoms with van der Waals surface area (Å²) >= 11 is 1.68. The molecule has 0 aliphatic carbocycles. The van der Waals surface area contributed by atoms with Crippen LogP contribution in [-0.4, -0.2) is 34.5 Å². The maximum Gasteiger partial charge on any atom is 0.230 e. The first-order valence-corrected chi connectivity index (χ1v) is 6.40. The zero-order chi connectivity index (χ0) is 12.8. The monoisotopic (exact) mass is 247 g/mol. The number of hydrogen-bond acceptors (Lipinski definition) is 4. The van der Waals surface area contributed by atoms with Gasteiger partial charge in [-0.25, -0.2) is 0 Å². The van der Waals surface area contributed by atoms with Gasteiger partial charge in [0.05, 0.1) is 5.92 Å². The first-order valence-electron chi connectivity index (χ1n) is 5.18. The van der Waals surface area contributed by atoms with Gasteiger partial charge in [0.2, 0.25) is 5.91 Å². The van der Waals surface area contributed by atoms with Crippen molar-refractivity contribution in [3.8, 4) is 0 Å². The number of carbonyl (C=O) groups is 1. The number of thioether (sulfide) groups is 1. The molecule has 0 bridgehead atoms. The fourth-order valence-corrected chi connectivity index (χ4v) is 1.31.